The largest absolute Gasteiger partial charge is 0.481 e. The van der Waals surface area contributed by atoms with Gasteiger partial charge in [0, 0.05) is 5.02 Å². The van der Waals surface area contributed by atoms with Crippen molar-refractivity contribution in [3.8, 4) is 15.6 Å². The molecular weight excluding hydrogens is 366 g/mol. The van der Waals surface area contributed by atoms with Crippen LogP contribution in [-0.4, -0.2) is 22.2 Å². The zero-order valence-electron chi connectivity index (χ0n) is 12.9. The van der Waals surface area contributed by atoms with Crippen LogP contribution in [0, 0.1) is 6.92 Å². The number of amides is 1. The molecule has 124 valence electrons. The average molecular weight is 380 g/mol. The molecule has 8 heteroatoms. The molecular formula is C16H14ClN3O2S2. The number of thiophene rings is 1. The molecule has 0 spiro atoms. The van der Waals surface area contributed by atoms with E-state index in [9.17, 15) is 4.79 Å². The third-order valence-electron chi connectivity index (χ3n) is 3.20. The van der Waals surface area contributed by atoms with Gasteiger partial charge in [-0.05, 0) is 49.1 Å². The zero-order valence-corrected chi connectivity index (χ0v) is 15.3. The molecule has 2 aromatic heterocycles. The first-order chi connectivity index (χ1) is 11.5. The minimum absolute atomic E-state index is 0.279. The summed E-state index contributed by atoms with van der Waals surface area (Å²) in [6, 6.07) is 9.18. The van der Waals surface area contributed by atoms with Crippen LogP contribution < -0.4 is 10.1 Å². The Morgan fingerprint density at radius 2 is 2.17 bits per heavy atom. The lowest BCUT2D eigenvalue weighted by Gasteiger charge is -2.15. The fraction of sp³-hybridized carbons (Fsp3) is 0.188. The molecule has 0 saturated carbocycles. The second kappa shape index (κ2) is 7.29. The number of rotatable bonds is 5. The van der Waals surface area contributed by atoms with E-state index in [-0.39, 0.29) is 5.91 Å². The van der Waals surface area contributed by atoms with Gasteiger partial charge in [0.1, 0.15) is 5.75 Å². The summed E-state index contributed by atoms with van der Waals surface area (Å²) < 4.78 is 5.70. The number of benzene rings is 1. The quantitative estimate of drug-likeness (QED) is 0.701. The Balaban J connectivity index is 1.64. The highest BCUT2D eigenvalue weighted by atomic mass is 35.5. The third kappa shape index (κ3) is 3.92. The predicted octanol–water partition coefficient (Wildman–Crippen LogP) is 4.63. The van der Waals surface area contributed by atoms with Gasteiger partial charge in [-0.1, -0.05) is 29.0 Å². The van der Waals surface area contributed by atoms with Crippen LogP contribution in [0.4, 0.5) is 5.13 Å². The van der Waals surface area contributed by atoms with E-state index in [0.29, 0.717) is 15.9 Å². The summed E-state index contributed by atoms with van der Waals surface area (Å²) in [7, 11) is 0. The number of ether oxygens (including phenoxy) is 1. The van der Waals surface area contributed by atoms with Crippen molar-refractivity contribution in [2.45, 2.75) is 20.0 Å². The fourth-order valence-electron chi connectivity index (χ4n) is 1.97. The van der Waals surface area contributed by atoms with Crippen molar-refractivity contribution in [2.75, 3.05) is 5.32 Å². The molecule has 0 aliphatic rings. The van der Waals surface area contributed by atoms with Gasteiger partial charge in [-0.3, -0.25) is 10.1 Å². The van der Waals surface area contributed by atoms with Crippen molar-refractivity contribution in [3.05, 3.63) is 46.3 Å². The molecule has 1 aromatic carbocycles. The van der Waals surface area contributed by atoms with Gasteiger partial charge < -0.3 is 4.74 Å². The molecule has 3 aromatic rings. The molecule has 2 heterocycles. The summed E-state index contributed by atoms with van der Waals surface area (Å²) in [5, 5.41) is 14.7. The van der Waals surface area contributed by atoms with Crippen molar-refractivity contribution in [1.82, 2.24) is 10.2 Å². The number of nitrogens with zero attached hydrogens (tertiary/aromatic N) is 2. The van der Waals surface area contributed by atoms with E-state index < -0.39 is 6.10 Å². The van der Waals surface area contributed by atoms with Crippen LogP contribution in [0.2, 0.25) is 5.02 Å². The Kier molecular flexibility index (Phi) is 5.13. The average Bonchev–Trinajstić information content (AvgIpc) is 3.20. The second-order valence-corrected chi connectivity index (χ2v) is 7.41. The fourth-order valence-corrected chi connectivity index (χ4v) is 3.73. The minimum Gasteiger partial charge on any atom is -0.481 e. The number of carbonyl (C=O) groups is 1. The number of nitrogens with one attached hydrogen (secondary N) is 1. The van der Waals surface area contributed by atoms with Crippen molar-refractivity contribution in [2.24, 2.45) is 0 Å². The molecule has 0 bridgehead atoms. The van der Waals surface area contributed by atoms with Gasteiger partial charge in [0.05, 0.1) is 4.88 Å². The highest BCUT2D eigenvalue weighted by Crippen LogP contribution is 2.30. The van der Waals surface area contributed by atoms with Gasteiger partial charge in [-0.2, -0.15) is 0 Å². The number of hydrogen-bond acceptors (Lipinski definition) is 6. The molecule has 1 amide bonds. The van der Waals surface area contributed by atoms with Crippen LogP contribution >= 0.6 is 34.3 Å². The number of aryl methyl sites for hydroxylation is 1. The molecule has 0 fully saturated rings. The van der Waals surface area contributed by atoms with Crippen molar-refractivity contribution in [3.63, 3.8) is 0 Å². The number of carbonyl (C=O) groups excluding carboxylic acids is 1. The zero-order chi connectivity index (χ0) is 17.1. The highest BCUT2D eigenvalue weighted by molar-refractivity contribution is 7.23. The lowest BCUT2D eigenvalue weighted by atomic mass is 10.2. The molecule has 0 radical (unpaired) electrons. The maximum atomic E-state index is 12.3. The Labute approximate surface area is 152 Å². The van der Waals surface area contributed by atoms with E-state index in [2.05, 4.69) is 15.5 Å². The van der Waals surface area contributed by atoms with Gasteiger partial charge in [-0.15, -0.1) is 21.5 Å². The van der Waals surface area contributed by atoms with Gasteiger partial charge in [-0.25, -0.2) is 0 Å². The standard InChI is InChI=1S/C16H14ClN3O2S2/c1-9-8-11(17)5-6-12(9)22-10(2)14(21)18-16-20-19-15(24-16)13-4-3-7-23-13/h3-8,10H,1-2H3,(H,18,20,21)/t10-/m0/s1. The summed E-state index contributed by atoms with van der Waals surface area (Å²) in [4.78, 5) is 13.3. The highest BCUT2D eigenvalue weighted by Gasteiger charge is 2.18. The first-order valence-electron chi connectivity index (χ1n) is 7.14. The summed E-state index contributed by atoms with van der Waals surface area (Å²) in [6.07, 6.45) is -0.668. The minimum atomic E-state index is -0.668. The summed E-state index contributed by atoms with van der Waals surface area (Å²) >= 11 is 8.83. The van der Waals surface area contributed by atoms with Crippen LogP contribution in [-0.2, 0) is 4.79 Å². The van der Waals surface area contributed by atoms with Crippen molar-refractivity contribution >= 4 is 45.3 Å². The smallest absolute Gasteiger partial charge is 0.266 e. The number of hydrogen-bond donors (Lipinski definition) is 1. The first-order valence-corrected chi connectivity index (χ1v) is 9.21. The van der Waals surface area contributed by atoms with Crippen LogP contribution in [0.15, 0.2) is 35.7 Å². The monoisotopic (exact) mass is 379 g/mol. The molecule has 3 rings (SSSR count). The third-order valence-corrected chi connectivity index (χ3v) is 5.31. The number of aromatic nitrogens is 2. The molecule has 0 aliphatic carbocycles. The van der Waals surface area contributed by atoms with Gasteiger partial charge in [0.2, 0.25) is 5.13 Å². The maximum Gasteiger partial charge on any atom is 0.266 e. The van der Waals surface area contributed by atoms with E-state index in [4.69, 9.17) is 16.3 Å². The Hall–Kier alpha value is -1.96. The molecule has 24 heavy (non-hydrogen) atoms. The SMILES string of the molecule is Cc1cc(Cl)ccc1O[C@@H](C)C(=O)Nc1nnc(-c2cccs2)s1. The van der Waals surface area contributed by atoms with Crippen molar-refractivity contribution < 1.29 is 9.53 Å². The molecule has 1 N–H and O–H groups in total. The van der Waals surface area contributed by atoms with E-state index in [1.165, 1.54) is 11.3 Å². The van der Waals surface area contributed by atoms with Crippen LogP contribution in [0.1, 0.15) is 12.5 Å². The number of anilines is 1. The summed E-state index contributed by atoms with van der Waals surface area (Å²) in [6.45, 7) is 3.56. The second-order valence-electron chi connectivity index (χ2n) is 5.05. The predicted molar refractivity (Wildman–Crippen MR) is 98.1 cm³/mol. The summed E-state index contributed by atoms with van der Waals surface area (Å²) in [5.74, 6) is 0.344. The van der Waals surface area contributed by atoms with E-state index in [0.717, 1.165) is 15.4 Å². The molecule has 0 saturated heterocycles. The lowest BCUT2D eigenvalue weighted by Crippen LogP contribution is -2.30. The number of halogens is 1. The summed E-state index contributed by atoms with van der Waals surface area (Å²) in [5.41, 5.74) is 0.873. The van der Waals surface area contributed by atoms with Crippen LogP contribution in [0.5, 0.6) is 5.75 Å². The Bertz CT molecular complexity index is 849. The van der Waals surface area contributed by atoms with Crippen LogP contribution in [0.25, 0.3) is 9.88 Å². The normalized spacial score (nSPS) is 12.0. The topological polar surface area (TPSA) is 64.1 Å². The van der Waals surface area contributed by atoms with E-state index >= 15 is 0 Å². The van der Waals surface area contributed by atoms with Gasteiger partial charge >= 0.3 is 0 Å². The van der Waals surface area contributed by atoms with E-state index in [1.807, 2.05) is 24.4 Å². The van der Waals surface area contributed by atoms with Gasteiger partial charge in [0.15, 0.2) is 11.1 Å². The molecule has 5 nitrogen and oxygen atoms in total. The Morgan fingerprint density at radius 1 is 1.33 bits per heavy atom. The van der Waals surface area contributed by atoms with Crippen LogP contribution in [0.3, 0.4) is 0 Å². The first kappa shape index (κ1) is 16.9. The molecule has 0 aliphatic heterocycles. The molecule has 0 unspecified atom stereocenters. The van der Waals surface area contributed by atoms with Crippen molar-refractivity contribution in [1.29, 1.82) is 0 Å². The lowest BCUT2D eigenvalue weighted by molar-refractivity contribution is -0.122. The van der Waals surface area contributed by atoms with E-state index in [1.54, 1.807) is 36.5 Å². The molecule has 1 atom stereocenters. The van der Waals surface area contributed by atoms with Gasteiger partial charge in [0.25, 0.3) is 5.91 Å². The maximum absolute atomic E-state index is 12.3. The Morgan fingerprint density at radius 3 is 2.88 bits per heavy atom.